The summed E-state index contributed by atoms with van der Waals surface area (Å²) >= 11 is 1.21. The van der Waals surface area contributed by atoms with E-state index in [1.165, 1.54) is 22.2 Å². The number of allylic oxidation sites excluding steroid dienone is 2. The molecule has 0 fully saturated rings. The molecule has 0 N–H and O–H groups in total. The summed E-state index contributed by atoms with van der Waals surface area (Å²) < 4.78 is 30.8. The summed E-state index contributed by atoms with van der Waals surface area (Å²) in [6, 6.07) is 14.3. The Labute approximate surface area is 253 Å². The summed E-state index contributed by atoms with van der Waals surface area (Å²) in [6.07, 6.45) is 6.38. The van der Waals surface area contributed by atoms with Crippen LogP contribution in [-0.2, 0) is 25.4 Å². The molecule has 0 bridgehead atoms. The van der Waals surface area contributed by atoms with Gasteiger partial charge in [-0.3, -0.25) is 9.36 Å². The van der Waals surface area contributed by atoms with E-state index in [4.69, 9.17) is 23.7 Å². The van der Waals surface area contributed by atoms with Gasteiger partial charge in [-0.2, -0.15) is 0 Å². The fourth-order valence-corrected chi connectivity index (χ4v) is 5.78. The molecule has 43 heavy (non-hydrogen) atoms. The second-order valence-corrected chi connectivity index (χ2v) is 10.6. The molecule has 2 aliphatic rings. The highest BCUT2D eigenvalue weighted by Crippen LogP contribution is 2.35. The predicted molar refractivity (Wildman–Crippen MR) is 163 cm³/mol. The lowest BCUT2D eigenvalue weighted by Crippen LogP contribution is -2.40. The topological polar surface area (TPSA) is 97.6 Å². The molecule has 0 saturated heterocycles. The fourth-order valence-electron chi connectivity index (χ4n) is 4.73. The van der Waals surface area contributed by atoms with Crippen LogP contribution in [0.3, 0.4) is 0 Å². The maximum Gasteiger partial charge on any atom is 0.338 e. The van der Waals surface area contributed by atoms with E-state index in [2.05, 4.69) is 18.2 Å². The standard InChI is InChI=1S/C33H32N2O7S/c1-5-15-39-24-14-13-23(17-25(24)40-16-6-2)18-27-31(36)35-30(29(32(37)38-7-3)21(4)34-33(35)43-27)26-20-41-28(42-26)19-22-11-9-8-10-12-22/h5-6,8-14,17-18,20,28,30H,1-2,7,15-16,19H2,3-4H3. The van der Waals surface area contributed by atoms with Crippen molar-refractivity contribution < 1.29 is 28.5 Å². The van der Waals surface area contributed by atoms with Gasteiger partial charge < -0.3 is 23.7 Å². The summed E-state index contributed by atoms with van der Waals surface area (Å²) in [5, 5.41) is 0. The second-order valence-electron chi connectivity index (χ2n) is 9.60. The zero-order chi connectivity index (χ0) is 30.3. The van der Waals surface area contributed by atoms with Gasteiger partial charge in [-0.1, -0.05) is 73.0 Å². The molecule has 3 aromatic rings. The van der Waals surface area contributed by atoms with Crippen molar-refractivity contribution in [2.24, 2.45) is 4.99 Å². The summed E-state index contributed by atoms with van der Waals surface area (Å²) in [5.41, 5.74) is 2.08. The molecular formula is C33H32N2O7S. The first kappa shape index (κ1) is 29.7. The van der Waals surface area contributed by atoms with Gasteiger partial charge in [0.15, 0.2) is 22.1 Å². The molecule has 0 aliphatic carbocycles. The molecule has 5 rings (SSSR count). The van der Waals surface area contributed by atoms with Crippen LogP contribution in [0.4, 0.5) is 0 Å². The first-order chi connectivity index (χ1) is 20.9. The van der Waals surface area contributed by atoms with Crippen molar-refractivity contribution in [2.75, 3.05) is 19.8 Å². The van der Waals surface area contributed by atoms with Gasteiger partial charge in [-0.25, -0.2) is 9.79 Å². The molecule has 2 aliphatic heterocycles. The van der Waals surface area contributed by atoms with Crippen molar-refractivity contribution in [1.29, 1.82) is 0 Å². The van der Waals surface area contributed by atoms with Gasteiger partial charge >= 0.3 is 5.97 Å². The summed E-state index contributed by atoms with van der Waals surface area (Å²) in [6.45, 7) is 11.6. The van der Waals surface area contributed by atoms with Crippen LogP contribution in [0.1, 0.15) is 31.0 Å². The van der Waals surface area contributed by atoms with Gasteiger partial charge in [0.1, 0.15) is 25.5 Å². The van der Waals surface area contributed by atoms with E-state index in [0.29, 0.717) is 45.3 Å². The largest absolute Gasteiger partial charge is 0.486 e. The summed E-state index contributed by atoms with van der Waals surface area (Å²) in [4.78, 5) is 32.2. The van der Waals surface area contributed by atoms with Gasteiger partial charge in [-0.15, -0.1) is 0 Å². The minimum Gasteiger partial charge on any atom is -0.486 e. The second kappa shape index (κ2) is 13.4. The third-order valence-corrected chi connectivity index (χ3v) is 7.60. The molecule has 2 atom stereocenters. The monoisotopic (exact) mass is 600 g/mol. The van der Waals surface area contributed by atoms with E-state index in [1.54, 1.807) is 44.2 Å². The Morgan fingerprint density at radius 3 is 2.56 bits per heavy atom. The van der Waals surface area contributed by atoms with Crippen LogP contribution >= 0.6 is 11.3 Å². The third kappa shape index (κ3) is 6.49. The van der Waals surface area contributed by atoms with Crippen molar-refractivity contribution in [3.05, 3.63) is 128 Å². The summed E-state index contributed by atoms with van der Waals surface area (Å²) in [5.74, 6) is 0.811. The Bertz CT molecular complexity index is 1770. The lowest BCUT2D eigenvalue weighted by Gasteiger charge is -2.24. The first-order valence-electron chi connectivity index (χ1n) is 13.8. The highest BCUT2D eigenvalue weighted by molar-refractivity contribution is 7.07. The number of carbonyl (C=O) groups excluding carboxylic acids is 1. The van der Waals surface area contributed by atoms with E-state index in [-0.39, 0.29) is 24.3 Å². The van der Waals surface area contributed by atoms with Crippen LogP contribution in [0.2, 0.25) is 0 Å². The van der Waals surface area contributed by atoms with E-state index in [0.717, 1.165) is 11.1 Å². The Morgan fingerprint density at radius 2 is 1.84 bits per heavy atom. The number of ether oxygens (including phenoxy) is 5. The van der Waals surface area contributed by atoms with Gasteiger partial charge in [-0.05, 0) is 43.2 Å². The van der Waals surface area contributed by atoms with Gasteiger partial charge in [0.25, 0.3) is 5.56 Å². The molecule has 3 heterocycles. The molecule has 0 amide bonds. The van der Waals surface area contributed by atoms with Crippen molar-refractivity contribution in [1.82, 2.24) is 4.57 Å². The minimum absolute atomic E-state index is 0.169. The number of hydrogen-bond acceptors (Lipinski definition) is 9. The van der Waals surface area contributed by atoms with E-state index in [9.17, 15) is 9.59 Å². The average molecular weight is 601 g/mol. The molecule has 0 saturated carbocycles. The fraction of sp³-hybridized carbons (Fsp3) is 0.242. The Hall–Kier alpha value is -4.83. The molecule has 0 spiro atoms. The first-order valence-corrected chi connectivity index (χ1v) is 14.6. The molecule has 222 valence electrons. The lowest BCUT2D eigenvalue weighted by molar-refractivity contribution is -0.139. The summed E-state index contributed by atoms with van der Waals surface area (Å²) in [7, 11) is 0. The SMILES string of the molecule is C=CCOc1ccc(C=c2sc3n(c2=O)C(C2=COC(Cc4ccccc4)O2)C(C(=O)OCC)=C(C)N=3)cc1OCC=C. The molecule has 10 heteroatoms. The Kier molecular flexibility index (Phi) is 9.26. The Morgan fingerprint density at radius 1 is 1.09 bits per heavy atom. The number of nitrogens with zero attached hydrogens (tertiary/aromatic N) is 2. The van der Waals surface area contributed by atoms with Crippen LogP contribution in [-0.4, -0.2) is 36.6 Å². The van der Waals surface area contributed by atoms with Crippen LogP contribution < -0.4 is 24.4 Å². The predicted octanol–water partition coefficient (Wildman–Crippen LogP) is 4.34. The van der Waals surface area contributed by atoms with Crippen molar-refractivity contribution in [3.8, 4) is 11.5 Å². The zero-order valence-corrected chi connectivity index (χ0v) is 24.8. The van der Waals surface area contributed by atoms with Gasteiger partial charge in [0, 0.05) is 6.42 Å². The van der Waals surface area contributed by atoms with Crippen LogP contribution in [0.15, 0.2) is 107 Å². The Balaban J connectivity index is 1.54. The van der Waals surface area contributed by atoms with Crippen molar-refractivity contribution in [2.45, 2.75) is 32.6 Å². The van der Waals surface area contributed by atoms with E-state index < -0.39 is 18.3 Å². The molecule has 1 aromatic heterocycles. The number of fused-ring (bicyclic) bond motifs is 1. The molecule has 9 nitrogen and oxygen atoms in total. The average Bonchev–Trinajstić information content (AvgIpc) is 3.59. The highest BCUT2D eigenvalue weighted by Gasteiger charge is 2.39. The number of rotatable bonds is 12. The molecular weight excluding hydrogens is 568 g/mol. The van der Waals surface area contributed by atoms with Gasteiger partial charge in [0.05, 0.1) is 22.4 Å². The molecule has 2 aromatic carbocycles. The number of benzene rings is 2. The van der Waals surface area contributed by atoms with Crippen molar-refractivity contribution >= 4 is 23.4 Å². The quantitative estimate of drug-likeness (QED) is 0.225. The number of hydrogen-bond donors (Lipinski definition) is 0. The number of aromatic nitrogens is 1. The number of carbonyl (C=O) groups is 1. The maximum atomic E-state index is 14.0. The lowest BCUT2D eigenvalue weighted by atomic mass is 10.0. The van der Waals surface area contributed by atoms with Crippen LogP contribution in [0.25, 0.3) is 6.08 Å². The third-order valence-electron chi connectivity index (χ3n) is 6.61. The van der Waals surface area contributed by atoms with E-state index >= 15 is 0 Å². The van der Waals surface area contributed by atoms with Crippen LogP contribution in [0, 0.1) is 0 Å². The smallest absolute Gasteiger partial charge is 0.338 e. The van der Waals surface area contributed by atoms with Gasteiger partial charge in [0.2, 0.25) is 6.29 Å². The number of thiazole rings is 1. The number of esters is 1. The van der Waals surface area contributed by atoms with Crippen molar-refractivity contribution in [3.63, 3.8) is 0 Å². The molecule has 2 unspecified atom stereocenters. The molecule has 0 radical (unpaired) electrons. The highest BCUT2D eigenvalue weighted by atomic mass is 32.1. The van der Waals surface area contributed by atoms with E-state index in [1.807, 2.05) is 36.4 Å². The zero-order valence-electron chi connectivity index (χ0n) is 24.0. The minimum atomic E-state index is -0.903. The normalized spacial score (nSPS) is 17.6. The van der Waals surface area contributed by atoms with Crippen LogP contribution in [0.5, 0.6) is 11.5 Å². The maximum absolute atomic E-state index is 14.0.